The van der Waals surface area contributed by atoms with Gasteiger partial charge in [0.25, 0.3) is 0 Å². The lowest BCUT2D eigenvalue weighted by molar-refractivity contribution is 0.214. The zero-order valence-corrected chi connectivity index (χ0v) is 11.0. The zero-order valence-electron chi connectivity index (χ0n) is 11.0. The number of aliphatic hydroxyl groups is 1. The molecule has 2 unspecified atom stereocenters. The van der Waals surface area contributed by atoms with Crippen LogP contribution < -0.4 is 10.5 Å². The van der Waals surface area contributed by atoms with E-state index in [-0.39, 0.29) is 24.3 Å². The summed E-state index contributed by atoms with van der Waals surface area (Å²) >= 11 is 0. The van der Waals surface area contributed by atoms with Crippen LogP contribution in [0.2, 0.25) is 0 Å². The van der Waals surface area contributed by atoms with Crippen molar-refractivity contribution < 1.29 is 14.2 Å². The summed E-state index contributed by atoms with van der Waals surface area (Å²) in [4.78, 5) is 0. The minimum atomic E-state index is -0.266. The Labute approximate surface area is 108 Å². The van der Waals surface area contributed by atoms with Crippen molar-refractivity contribution in [3.63, 3.8) is 0 Å². The van der Waals surface area contributed by atoms with Crippen molar-refractivity contribution in [2.45, 2.75) is 25.7 Å². The number of methoxy groups -OCH3 is 1. The Bertz CT molecular complexity index is 367. The van der Waals surface area contributed by atoms with Crippen molar-refractivity contribution in [3.8, 4) is 5.75 Å². The summed E-state index contributed by atoms with van der Waals surface area (Å²) in [5.74, 6) is 0.619. The highest BCUT2D eigenvalue weighted by Crippen LogP contribution is 2.33. The highest BCUT2D eigenvalue weighted by atomic mass is 19.1. The molecule has 0 fully saturated rings. The predicted molar refractivity (Wildman–Crippen MR) is 70.2 cm³/mol. The molecular weight excluding hydrogens is 233 g/mol. The Kier molecular flexibility index (Phi) is 6.09. The molecule has 18 heavy (non-hydrogen) atoms. The van der Waals surface area contributed by atoms with Gasteiger partial charge in [0.1, 0.15) is 11.6 Å². The SMILES string of the molecule is CCC(CC(CN)CO)c1cc(F)ccc1OC. The topological polar surface area (TPSA) is 55.5 Å². The smallest absolute Gasteiger partial charge is 0.123 e. The number of ether oxygens (including phenoxy) is 1. The van der Waals surface area contributed by atoms with Crippen molar-refractivity contribution in [2.24, 2.45) is 11.7 Å². The van der Waals surface area contributed by atoms with Crippen LogP contribution >= 0.6 is 0 Å². The molecule has 1 aromatic rings. The molecule has 0 radical (unpaired) electrons. The fraction of sp³-hybridized carbons (Fsp3) is 0.571. The maximum atomic E-state index is 13.4. The normalized spacial score (nSPS) is 14.3. The number of nitrogens with two attached hydrogens (primary N) is 1. The fourth-order valence-electron chi connectivity index (χ4n) is 2.19. The lowest BCUT2D eigenvalue weighted by atomic mass is 9.86. The first kappa shape index (κ1) is 14.9. The van der Waals surface area contributed by atoms with Gasteiger partial charge in [0, 0.05) is 12.2 Å². The predicted octanol–water partition coefficient (Wildman–Crippen LogP) is 2.29. The molecule has 0 aromatic heterocycles. The molecule has 3 nitrogen and oxygen atoms in total. The average molecular weight is 255 g/mol. The van der Waals surface area contributed by atoms with E-state index in [1.807, 2.05) is 6.92 Å². The number of hydrogen-bond donors (Lipinski definition) is 2. The van der Waals surface area contributed by atoms with Crippen LogP contribution in [0.1, 0.15) is 31.2 Å². The van der Waals surface area contributed by atoms with Crippen LogP contribution in [0.25, 0.3) is 0 Å². The number of hydrogen-bond acceptors (Lipinski definition) is 3. The van der Waals surface area contributed by atoms with Gasteiger partial charge in [-0.15, -0.1) is 0 Å². The van der Waals surface area contributed by atoms with Crippen LogP contribution in [0.3, 0.4) is 0 Å². The third-order valence-electron chi connectivity index (χ3n) is 3.33. The summed E-state index contributed by atoms with van der Waals surface area (Å²) in [6.45, 7) is 2.54. The molecule has 2 atom stereocenters. The third-order valence-corrected chi connectivity index (χ3v) is 3.33. The van der Waals surface area contributed by atoms with Gasteiger partial charge in [-0.25, -0.2) is 4.39 Å². The number of benzene rings is 1. The summed E-state index contributed by atoms with van der Waals surface area (Å²) in [5.41, 5.74) is 6.45. The van der Waals surface area contributed by atoms with E-state index in [2.05, 4.69) is 0 Å². The number of rotatable bonds is 7. The molecule has 0 spiro atoms. The van der Waals surface area contributed by atoms with Crippen LogP contribution in [0.15, 0.2) is 18.2 Å². The molecule has 0 aliphatic heterocycles. The monoisotopic (exact) mass is 255 g/mol. The molecular formula is C14H22FNO2. The van der Waals surface area contributed by atoms with Gasteiger partial charge in [-0.2, -0.15) is 0 Å². The van der Waals surface area contributed by atoms with E-state index in [0.717, 1.165) is 18.4 Å². The van der Waals surface area contributed by atoms with Crippen molar-refractivity contribution in [2.75, 3.05) is 20.3 Å². The molecule has 3 N–H and O–H groups in total. The molecule has 1 rings (SSSR count). The van der Waals surface area contributed by atoms with Crippen molar-refractivity contribution in [1.82, 2.24) is 0 Å². The Morgan fingerprint density at radius 2 is 2.17 bits per heavy atom. The van der Waals surface area contributed by atoms with E-state index >= 15 is 0 Å². The van der Waals surface area contributed by atoms with Gasteiger partial charge < -0.3 is 15.6 Å². The largest absolute Gasteiger partial charge is 0.496 e. The van der Waals surface area contributed by atoms with Gasteiger partial charge in [-0.1, -0.05) is 6.92 Å². The van der Waals surface area contributed by atoms with Gasteiger partial charge in [-0.3, -0.25) is 0 Å². The van der Waals surface area contributed by atoms with E-state index < -0.39 is 0 Å². The second-order valence-corrected chi connectivity index (χ2v) is 4.51. The van der Waals surface area contributed by atoms with Crippen molar-refractivity contribution in [1.29, 1.82) is 0 Å². The summed E-state index contributed by atoms with van der Waals surface area (Å²) in [6.07, 6.45) is 1.60. The molecule has 0 heterocycles. The second-order valence-electron chi connectivity index (χ2n) is 4.51. The molecule has 0 saturated carbocycles. The minimum absolute atomic E-state index is 0.0444. The average Bonchev–Trinajstić information content (AvgIpc) is 2.40. The van der Waals surface area contributed by atoms with E-state index in [9.17, 15) is 9.50 Å². The Balaban J connectivity index is 2.96. The molecule has 0 aliphatic carbocycles. The third kappa shape index (κ3) is 3.68. The number of halogens is 1. The maximum Gasteiger partial charge on any atom is 0.123 e. The van der Waals surface area contributed by atoms with Crippen molar-refractivity contribution in [3.05, 3.63) is 29.6 Å². The lowest BCUT2D eigenvalue weighted by Crippen LogP contribution is -2.21. The van der Waals surface area contributed by atoms with Gasteiger partial charge in [0.2, 0.25) is 0 Å². The van der Waals surface area contributed by atoms with Gasteiger partial charge in [0.05, 0.1) is 7.11 Å². The molecule has 102 valence electrons. The Morgan fingerprint density at radius 1 is 1.44 bits per heavy atom. The summed E-state index contributed by atoms with van der Waals surface area (Å²) in [5, 5.41) is 9.21. The first-order chi connectivity index (χ1) is 8.65. The van der Waals surface area contributed by atoms with Gasteiger partial charge in [0.15, 0.2) is 0 Å². The molecule has 1 aromatic carbocycles. The van der Waals surface area contributed by atoms with Gasteiger partial charge in [-0.05, 0) is 49.4 Å². The fourth-order valence-corrected chi connectivity index (χ4v) is 2.19. The molecule has 0 amide bonds. The molecule has 0 aliphatic rings. The quantitative estimate of drug-likeness (QED) is 0.786. The Morgan fingerprint density at radius 3 is 2.67 bits per heavy atom. The van der Waals surface area contributed by atoms with Crippen LogP contribution in [-0.4, -0.2) is 25.4 Å². The lowest BCUT2D eigenvalue weighted by Gasteiger charge is -2.22. The summed E-state index contributed by atoms with van der Waals surface area (Å²) < 4.78 is 18.6. The summed E-state index contributed by atoms with van der Waals surface area (Å²) in [6, 6.07) is 4.54. The first-order valence-corrected chi connectivity index (χ1v) is 6.30. The van der Waals surface area contributed by atoms with Crippen LogP contribution in [0.4, 0.5) is 4.39 Å². The maximum absolute atomic E-state index is 13.4. The second kappa shape index (κ2) is 7.34. The van der Waals surface area contributed by atoms with E-state index in [1.54, 1.807) is 13.2 Å². The molecule has 0 bridgehead atoms. The van der Waals surface area contributed by atoms with Crippen LogP contribution in [-0.2, 0) is 0 Å². The highest BCUT2D eigenvalue weighted by molar-refractivity contribution is 5.36. The van der Waals surface area contributed by atoms with Crippen LogP contribution in [0, 0.1) is 11.7 Å². The number of aliphatic hydroxyl groups excluding tert-OH is 1. The van der Waals surface area contributed by atoms with Gasteiger partial charge >= 0.3 is 0 Å². The highest BCUT2D eigenvalue weighted by Gasteiger charge is 2.19. The molecule has 4 heteroatoms. The van der Waals surface area contributed by atoms with E-state index in [1.165, 1.54) is 12.1 Å². The summed E-state index contributed by atoms with van der Waals surface area (Å²) in [7, 11) is 1.58. The van der Waals surface area contributed by atoms with E-state index in [4.69, 9.17) is 10.5 Å². The molecule has 0 saturated heterocycles. The Hall–Kier alpha value is -1.13. The minimum Gasteiger partial charge on any atom is -0.496 e. The van der Waals surface area contributed by atoms with E-state index in [0.29, 0.717) is 12.3 Å². The standard InChI is InChI=1S/C14H22FNO2/c1-3-11(6-10(8-16)9-17)13-7-12(15)4-5-14(13)18-2/h4-5,7,10-11,17H,3,6,8-9,16H2,1-2H3. The van der Waals surface area contributed by atoms with Crippen LogP contribution in [0.5, 0.6) is 5.75 Å². The zero-order chi connectivity index (χ0) is 13.5. The first-order valence-electron chi connectivity index (χ1n) is 6.30. The van der Waals surface area contributed by atoms with Crippen molar-refractivity contribution >= 4 is 0 Å².